The van der Waals surface area contributed by atoms with E-state index in [1.54, 1.807) is 36.4 Å². The van der Waals surface area contributed by atoms with E-state index in [0.29, 0.717) is 18.7 Å². The number of nitrogens with one attached hydrogen (secondary N) is 1. The van der Waals surface area contributed by atoms with Gasteiger partial charge in [-0.05, 0) is 59.2 Å². The summed E-state index contributed by atoms with van der Waals surface area (Å²) in [6, 6.07) is 18.1. The van der Waals surface area contributed by atoms with Gasteiger partial charge >= 0.3 is 0 Å². The zero-order chi connectivity index (χ0) is 25.7. The Morgan fingerprint density at radius 2 is 1.44 bits per heavy atom. The van der Waals surface area contributed by atoms with E-state index in [4.69, 9.17) is 5.21 Å². The van der Waals surface area contributed by atoms with Gasteiger partial charge in [-0.3, -0.25) is 14.9 Å². The second-order valence-corrected chi connectivity index (χ2v) is 10.3. The number of hydrogen-bond donors (Lipinski definition) is 2. The zero-order valence-corrected chi connectivity index (χ0v) is 20.0. The van der Waals surface area contributed by atoms with Gasteiger partial charge in [0.25, 0.3) is 5.91 Å². The molecule has 2 N–H and O–H groups in total. The average Bonchev–Trinajstić information content (AvgIpc) is 2.90. The third-order valence-electron chi connectivity index (χ3n) is 6.04. The van der Waals surface area contributed by atoms with Crippen molar-refractivity contribution in [3.63, 3.8) is 0 Å². The van der Waals surface area contributed by atoms with Gasteiger partial charge in [0.1, 0.15) is 11.6 Å². The summed E-state index contributed by atoms with van der Waals surface area (Å²) < 4.78 is 55.1. The molecule has 0 spiro atoms. The Labute approximate surface area is 208 Å². The normalized spacial score (nSPS) is 15.4. The molecule has 0 aliphatic carbocycles. The first-order valence-corrected chi connectivity index (χ1v) is 12.7. The fraction of sp³-hybridized carbons (Fsp3) is 0.192. The molecule has 1 heterocycles. The summed E-state index contributed by atoms with van der Waals surface area (Å²) in [4.78, 5) is 13.4. The van der Waals surface area contributed by atoms with E-state index in [-0.39, 0.29) is 35.7 Å². The molecule has 0 radical (unpaired) electrons. The predicted octanol–water partition coefficient (Wildman–Crippen LogP) is 3.58. The molecule has 1 aliphatic rings. The minimum absolute atomic E-state index is 0.0936. The Balaban J connectivity index is 1.53. The van der Waals surface area contributed by atoms with Crippen LogP contribution in [-0.2, 0) is 14.8 Å². The molecule has 1 fully saturated rings. The molecule has 0 saturated carbocycles. The fourth-order valence-electron chi connectivity index (χ4n) is 4.24. The molecule has 1 saturated heterocycles. The van der Waals surface area contributed by atoms with Crippen molar-refractivity contribution in [2.24, 2.45) is 0 Å². The Kier molecular flexibility index (Phi) is 7.90. The predicted molar refractivity (Wildman–Crippen MR) is 130 cm³/mol. The Hall–Kier alpha value is -3.44. The lowest BCUT2D eigenvalue weighted by atomic mass is 9.96. The summed E-state index contributed by atoms with van der Waals surface area (Å²) in [7, 11) is -3.79. The second kappa shape index (κ2) is 11.1. The highest BCUT2D eigenvalue weighted by Crippen LogP contribution is 2.31. The van der Waals surface area contributed by atoms with Crippen LogP contribution < -0.4 is 5.48 Å². The molecule has 7 nitrogen and oxygen atoms in total. The molecule has 10 heteroatoms. The van der Waals surface area contributed by atoms with Crippen molar-refractivity contribution in [3.8, 4) is 0 Å². The minimum Gasteiger partial charge on any atom is -0.290 e. The quantitative estimate of drug-likeness (QED) is 0.286. The second-order valence-electron chi connectivity index (χ2n) is 8.33. The highest BCUT2D eigenvalue weighted by atomic mass is 32.2. The van der Waals surface area contributed by atoms with Crippen molar-refractivity contribution >= 4 is 22.0 Å². The summed E-state index contributed by atoms with van der Waals surface area (Å²) >= 11 is 0. The van der Waals surface area contributed by atoms with Gasteiger partial charge in [0.15, 0.2) is 0 Å². The lowest BCUT2D eigenvalue weighted by Crippen LogP contribution is -2.49. The molecule has 3 aromatic carbocycles. The lowest BCUT2D eigenvalue weighted by molar-refractivity contribution is -0.124. The van der Waals surface area contributed by atoms with Crippen molar-refractivity contribution in [2.75, 3.05) is 26.2 Å². The summed E-state index contributed by atoms with van der Waals surface area (Å²) in [5.74, 6) is -1.44. The summed E-state index contributed by atoms with van der Waals surface area (Å²) in [5.41, 5.74) is 3.62. The van der Waals surface area contributed by atoms with Crippen LogP contribution >= 0.6 is 0 Å². The maximum Gasteiger partial charge on any atom is 0.267 e. The SMILES string of the molecule is O=C(/C=C/c1cccc(S(=O)(=O)N2CCN(C(c3ccc(F)cc3)c3ccc(F)cc3)CC2)c1)NO. The van der Waals surface area contributed by atoms with E-state index >= 15 is 0 Å². The number of halogens is 2. The fourth-order valence-corrected chi connectivity index (χ4v) is 5.72. The van der Waals surface area contributed by atoms with Gasteiger partial charge in [0.05, 0.1) is 10.9 Å². The van der Waals surface area contributed by atoms with Gasteiger partial charge in [0, 0.05) is 32.3 Å². The molecular weight excluding hydrogens is 488 g/mol. The first-order chi connectivity index (χ1) is 17.3. The molecule has 188 valence electrons. The molecule has 1 amide bonds. The average molecular weight is 514 g/mol. The maximum absolute atomic E-state index is 13.6. The smallest absolute Gasteiger partial charge is 0.267 e. The molecule has 1 aliphatic heterocycles. The number of piperazine rings is 1. The largest absolute Gasteiger partial charge is 0.290 e. The third-order valence-corrected chi connectivity index (χ3v) is 7.94. The van der Waals surface area contributed by atoms with Crippen LogP contribution in [0.4, 0.5) is 8.78 Å². The van der Waals surface area contributed by atoms with Crippen LogP contribution in [0, 0.1) is 11.6 Å². The summed E-state index contributed by atoms with van der Waals surface area (Å²) in [6.45, 7) is 1.28. The molecule has 4 rings (SSSR count). The topological polar surface area (TPSA) is 90.0 Å². The van der Waals surface area contributed by atoms with Crippen LogP contribution in [0.5, 0.6) is 0 Å². The molecule has 0 unspecified atom stereocenters. The van der Waals surface area contributed by atoms with E-state index in [2.05, 4.69) is 4.90 Å². The van der Waals surface area contributed by atoms with E-state index in [1.807, 2.05) is 0 Å². The molecule has 3 aromatic rings. The molecule has 0 atom stereocenters. The summed E-state index contributed by atoms with van der Waals surface area (Å²) in [6.07, 6.45) is 2.49. The van der Waals surface area contributed by atoms with Gasteiger partial charge < -0.3 is 0 Å². The number of rotatable bonds is 7. The first-order valence-electron chi connectivity index (χ1n) is 11.3. The van der Waals surface area contributed by atoms with Crippen molar-refractivity contribution in [2.45, 2.75) is 10.9 Å². The van der Waals surface area contributed by atoms with Crippen LogP contribution in [0.25, 0.3) is 6.08 Å². The lowest BCUT2D eigenvalue weighted by Gasteiger charge is -2.39. The third kappa shape index (κ3) is 5.85. The van der Waals surface area contributed by atoms with Crippen LogP contribution in [0.15, 0.2) is 83.8 Å². The highest BCUT2D eigenvalue weighted by Gasteiger charge is 2.32. The van der Waals surface area contributed by atoms with Crippen molar-refractivity contribution in [1.82, 2.24) is 14.7 Å². The van der Waals surface area contributed by atoms with Gasteiger partial charge in [-0.25, -0.2) is 22.7 Å². The molecule has 36 heavy (non-hydrogen) atoms. The van der Waals surface area contributed by atoms with Crippen molar-refractivity contribution < 1.29 is 27.2 Å². The van der Waals surface area contributed by atoms with Gasteiger partial charge in [-0.2, -0.15) is 4.31 Å². The van der Waals surface area contributed by atoms with Crippen LogP contribution in [0.3, 0.4) is 0 Å². The molecule has 0 aromatic heterocycles. The van der Waals surface area contributed by atoms with Gasteiger partial charge in [-0.1, -0.05) is 36.4 Å². The maximum atomic E-state index is 13.6. The standard InChI is InChI=1S/C26H25F2N3O4S/c27-22-9-5-20(6-10-22)26(21-7-11-23(28)12-8-21)30-14-16-31(17-15-30)36(34,35)24-3-1-2-19(18-24)4-13-25(32)29-33/h1-13,18,26,33H,14-17H2,(H,29,32)/b13-4+. The number of hydroxylamine groups is 1. The van der Waals surface area contributed by atoms with Gasteiger partial charge in [-0.15, -0.1) is 0 Å². The van der Waals surface area contributed by atoms with Gasteiger partial charge in [0.2, 0.25) is 10.0 Å². The van der Waals surface area contributed by atoms with E-state index in [0.717, 1.165) is 17.2 Å². The highest BCUT2D eigenvalue weighted by molar-refractivity contribution is 7.89. The Morgan fingerprint density at radius 3 is 1.97 bits per heavy atom. The van der Waals surface area contributed by atoms with E-state index in [9.17, 15) is 22.0 Å². The van der Waals surface area contributed by atoms with Crippen molar-refractivity contribution in [3.05, 3.63) is 107 Å². The monoisotopic (exact) mass is 513 g/mol. The molecule has 0 bridgehead atoms. The summed E-state index contributed by atoms with van der Waals surface area (Å²) in [5, 5.41) is 8.61. The number of nitrogens with zero attached hydrogens (tertiary/aromatic N) is 2. The first kappa shape index (κ1) is 25.6. The minimum atomic E-state index is -3.79. The van der Waals surface area contributed by atoms with Crippen LogP contribution in [0.1, 0.15) is 22.7 Å². The number of benzene rings is 3. The number of amides is 1. The van der Waals surface area contributed by atoms with Crippen LogP contribution in [0.2, 0.25) is 0 Å². The number of sulfonamides is 1. The number of carbonyl (C=O) groups is 1. The van der Waals surface area contributed by atoms with Crippen molar-refractivity contribution in [1.29, 1.82) is 0 Å². The number of hydrogen-bond acceptors (Lipinski definition) is 5. The van der Waals surface area contributed by atoms with E-state index in [1.165, 1.54) is 52.3 Å². The Bertz CT molecular complexity index is 1290. The number of carbonyl (C=O) groups excluding carboxylic acids is 1. The molecular formula is C26H25F2N3O4S. The van der Waals surface area contributed by atoms with E-state index < -0.39 is 15.9 Å². The van der Waals surface area contributed by atoms with Crippen LogP contribution in [-0.4, -0.2) is 54.9 Å². The Morgan fingerprint density at radius 1 is 0.889 bits per heavy atom. The zero-order valence-electron chi connectivity index (χ0n) is 19.2.